The van der Waals surface area contributed by atoms with E-state index in [-0.39, 0.29) is 5.91 Å². The molecule has 1 aliphatic heterocycles. The number of aromatic amines is 1. The molecule has 0 fully saturated rings. The van der Waals surface area contributed by atoms with Gasteiger partial charge in [0.1, 0.15) is 5.00 Å². The average molecular weight is 381 g/mol. The molecule has 0 atom stereocenters. The standard InChI is InChI=1S/C18H15N5O3S/c1-9-21-17(26-23-9)15-11-4-5-25-7-14(11)27-18(15)22-16(24)10-2-3-12-13(6-10)20-8-19-12/h2-3,6,8H,4-5,7H2,1H3,(H,19,20)(H,22,24). The van der Waals surface area contributed by atoms with Gasteiger partial charge in [-0.15, -0.1) is 11.3 Å². The van der Waals surface area contributed by atoms with Crippen LogP contribution in [0.25, 0.3) is 22.5 Å². The van der Waals surface area contributed by atoms with Gasteiger partial charge in [-0.2, -0.15) is 4.98 Å². The Morgan fingerprint density at radius 1 is 1.37 bits per heavy atom. The van der Waals surface area contributed by atoms with Crippen molar-refractivity contribution in [2.45, 2.75) is 20.0 Å². The zero-order chi connectivity index (χ0) is 18.4. The Morgan fingerprint density at radius 2 is 2.30 bits per heavy atom. The zero-order valence-electron chi connectivity index (χ0n) is 14.4. The van der Waals surface area contributed by atoms with E-state index in [1.807, 2.05) is 6.07 Å². The van der Waals surface area contributed by atoms with Crippen molar-refractivity contribution in [3.63, 3.8) is 0 Å². The summed E-state index contributed by atoms with van der Waals surface area (Å²) in [6.07, 6.45) is 2.36. The van der Waals surface area contributed by atoms with Crippen LogP contribution in [0.15, 0.2) is 29.0 Å². The molecule has 5 rings (SSSR count). The summed E-state index contributed by atoms with van der Waals surface area (Å²) in [5.74, 6) is 0.772. The topological polar surface area (TPSA) is 106 Å². The lowest BCUT2D eigenvalue weighted by Crippen LogP contribution is -2.12. The van der Waals surface area contributed by atoms with Crippen molar-refractivity contribution >= 4 is 33.3 Å². The first kappa shape index (κ1) is 16.2. The number of imidazole rings is 1. The summed E-state index contributed by atoms with van der Waals surface area (Å²) in [6, 6.07) is 5.35. The van der Waals surface area contributed by atoms with Gasteiger partial charge in [0, 0.05) is 10.4 Å². The van der Waals surface area contributed by atoms with Gasteiger partial charge in [-0.1, -0.05) is 5.16 Å². The van der Waals surface area contributed by atoms with Gasteiger partial charge in [-0.05, 0) is 37.1 Å². The monoisotopic (exact) mass is 381 g/mol. The van der Waals surface area contributed by atoms with Crippen LogP contribution in [-0.2, 0) is 17.8 Å². The number of hydrogen-bond acceptors (Lipinski definition) is 7. The highest BCUT2D eigenvalue weighted by Crippen LogP contribution is 2.42. The summed E-state index contributed by atoms with van der Waals surface area (Å²) in [6.45, 7) is 2.93. The number of aryl methyl sites for hydroxylation is 1. The van der Waals surface area contributed by atoms with Crippen molar-refractivity contribution in [3.8, 4) is 11.5 Å². The smallest absolute Gasteiger partial charge is 0.261 e. The van der Waals surface area contributed by atoms with Crippen LogP contribution in [0.1, 0.15) is 26.6 Å². The second-order valence-electron chi connectivity index (χ2n) is 6.25. The molecule has 0 aliphatic carbocycles. The van der Waals surface area contributed by atoms with Crippen LogP contribution in [0.2, 0.25) is 0 Å². The fourth-order valence-electron chi connectivity index (χ4n) is 3.20. The van der Waals surface area contributed by atoms with E-state index >= 15 is 0 Å². The molecule has 0 saturated carbocycles. The minimum Gasteiger partial charge on any atom is -0.376 e. The number of thiophene rings is 1. The van der Waals surface area contributed by atoms with Crippen molar-refractivity contribution in [3.05, 3.63) is 46.4 Å². The molecule has 4 heterocycles. The first-order chi connectivity index (χ1) is 13.2. The second-order valence-corrected chi connectivity index (χ2v) is 7.35. The van der Waals surface area contributed by atoms with Crippen molar-refractivity contribution in [1.82, 2.24) is 20.1 Å². The van der Waals surface area contributed by atoms with E-state index < -0.39 is 0 Å². The number of H-pyrrole nitrogens is 1. The van der Waals surface area contributed by atoms with Crippen molar-refractivity contribution < 1.29 is 14.1 Å². The summed E-state index contributed by atoms with van der Waals surface area (Å²) in [7, 11) is 0. The predicted molar refractivity (Wildman–Crippen MR) is 99.8 cm³/mol. The minimum absolute atomic E-state index is 0.205. The molecule has 3 aromatic heterocycles. The van der Waals surface area contributed by atoms with E-state index in [0.717, 1.165) is 33.5 Å². The van der Waals surface area contributed by atoms with Crippen LogP contribution < -0.4 is 5.32 Å². The fourth-order valence-corrected chi connectivity index (χ4v) is 4.37. The Hall–Kier alpha value is -3.04. The van der Waals surface area contributed by atoms with Crippen molar-refractivity contribution in [2.75, 3.05) is 11.9 Å². The third-order valence-corrected chi connectivity index (χ3v) is 5.59. The Morgan fingerprint density at radius 3 is 3.15 bits per heavy atom. The summed E-state index contributed by atoms with van der Waals surface area (Å²) in [4.78, 5) is 25.5. The quantitative estimate of drug-likeness (QED) is 0.564. The molecule has 136 valence electrons. The molecule has 0 spiro atoms. The summed E-state index contributed by atoms with van der Waals surface area (Å²) in [5.41, 5.74) is 4.08. The maximum atomic E-state index is 12.8. The molecule has 1 amide bonds. The van der Waals surface area contributed by atoms with Crippen LogP contribution in [-0.4, -0.2) is 32.6 Å². The molecule has 0 unspecified atom stereocenters. The molecule has 0 saturated heterocycles. The Balaban J connectivity index is 1.54. The van der Waals surface area contributed by atoms with E-state index in [4.69, 9.17) is 9.26 Å². The highest BCUT2D eigenvalue weighted by molar-refractivity contribution is 7.17. The van der Waals surface area contributed by atoms with Gasteiger partial charge in [-0.3, -0.25) is 4.79 Å². The molecular weight excluding hydrogens is 366 g/mol. The number of hydrogen-bond donors (Lipinski definition) is 2. The molecule has 9 heteroatoms. The second kappa shape index (κ2) is 6.29. The lowest BCUT2D eigenvalue weighted by molar-refractivity contribution is 0.102. The molecule has 8 nitrogen and oxygen atoms in total. The minimum atomic E-state index is -0.205. The van der Waals surface area contributed by atoms with Gasteiger partial charge in [0.2, 0.25) is 0 Å². The highest BCUT2D eigenvalue weighted by atomic mass is 32.1. The molecule has 1 aliphatic rings. The number of carbonyl (C=O) groups excluding carboxylic acids is 1. The van der Waals surface area contributed by atoms with E-state index in [1.165, 1.54) is 11.3 Å². The lowest BCUT2D eigenvalue weighted by Gasteiger charge is -2.12. The third-order valence-electron chi connectivity index (χ3n) is 4.47. The lowest BCUT2D eigenvalue weighted by atomic mass is 10.1. The Kier molecular flexibility index (Phi) is 3.76. The Labute approximate surface area is 157 Å². The average Bonchev–Trinajstić information content (AvgIpc) is 3.38. The molecular formula is C18H15N5O3S. The van der Waals surface area contributed by atoms with Crippen LogP contribution in [0, 0.1) is 6.92 Å². The first-order valence-corrected chi connectivity index (χ1v) is 9.28. The number of rotatable bonds is 3. The number of ether oxygens (including phenoxy) is 1. The molecule has 4 aromatic rings. The zero-order valence-corrected chi connectivity index (χ0v) is 15.2. The first-order valence-electron chi connectivity index (χ1n) is 8.46. The van der Waals surface area contributed by atoms with E-state index in [0.29, 0.717) is 35.5 Å². The number of fused-ring (bicyclic) bond motifs is 2. The molecule has 1 aromatic carbocycles. The van der Waals surface area contributed by atoms with Gasteiger partial charge >= 0.3 is 0 Å². The number of anilines is 1. The number of carbonyl (C=O) groups is 1. The summed E-state index contributed by atoms with van der Waals surface area (Å²) in [5, 5.41) is 7.60. The van der Waals surface area contributed by atoms with Crippen LogP contribution in [0.5, 0.6) is 0 Å². The SMILES string of the molecule is Cc1noc(-c2c(NC(=O)c3ccc4nc[nH]c4c3)sc3c2CCOC3)n1. The normalized spacial score (nSPS) is 13.7. The van der Waals surface area contributed by atoms with Crippen molar-refractivity contribution in [1.29, 1.82) is 0 Å². The van der Waals surface area contributed by atoms with E-state index in [2.05, 4.69) is 25.4 Å². The maximum Gasteiger partial charge on any atom is 0.261 e. The summed E-state index contributed by atoms with van der Waals surface area (Å²) >= 11 is 1.49. The van der Waals surface area contributed by atoms with E-state index in [9.17, 15) is 4.79 Å². The highest BCUT2D eigenvalue weighted by Gasteiger charge is 2.27. The van der Waals surface area contributed by atoms with Gasteiger partial charge in [-0.25, -0.2) is 4.98 Å². The number of nitrogens with zero attached hydrogens (tertiary/aromatic N) is 3. The predicted octanol–water partition coefficient (Wildman–Crippen LogP) is 3.31. The molecule has 0 radical (unpaired) electrons. The maximum absolute atomic E-state index is 12.8. The van der Waals surface area contributed by atoms with Gasteiger partial charge in [0.05, 0.1) is 36.1 Å². The summed E-state index contributed by atoms with van der Waals surface area (Å²) < 4.78 is 10.9. The molecule has 0 bridgehead atoms. The number of aromatic nitrogens is 4. The number of benzene rings is 1. The van der Waals surface area contributed by atoms with Gasteiger partial charge in [0.25, 0.3) is 11.8 Å². The fraction of sp³-hybridized carbons (Fsp3) is 0.222. The molecule has 27 heavy (non-hydrogen) atoms. The van der Waals surface area contributed by atoms with Crippen LogP contribution >= 0.6 is 11.3 Å². The van der Waals surface area contributed by atoms with E-state index in [1.54, 1.807) is 25.4 Å². The van der Waals surface area contributed by atoms with Crippen molar-refractivity contribution in [2.24, 2.45) is 0 Å². The van der Waals surface area contributed by atoms with Gasteiger partial charge < -0.3 is 19.6 Å². The Bertz CT molecular complexity index is 1160. The van der Waals surface area contributed by atoms with Gasteiger partial charge in [0.15, 0.2) is 5.82 Å². The van der Waals surface area contributed by atoms with Crippen LogP contribution in [0.4, 0.5) is 5.00 Å². The molecule has 2 N–H and O–H groups in total. The third kappa shape index (κ3) is 2.81. The number of amides is 1. The number of nitrogens with one attached hydrogen (secondary N) is 2. The largest absolute Gasteiger partial charge is 0.376 e. The van der Waals surface area contributed by atoms with Crippen LogP contribution in [0.3, 0.4) is 0 Å².